The maximum atomic E-state index is 15.9. The summed E-state index contributed by atoms with van der Waals surface area (Å²) in [5.41, 5.74) is 13.0. The van der Waals surface area contributed by atoms with Crippen LogP contribution in [0.1, 0.15) is 29.5 Å². The lowest BCUT2D eigenvalue weighted by Gasteiger charge is -2.27. The predicted octanol–water partition coefficient (Wildman–Crippen LogP) is 9.40. The zero-order valence-electron chi connectivity index (χ0n) is 62.3. The minimum Gasteiger partial charge on any atom is -0.379 e. The van der Waals surface area contributed by atoms with Gasteiger partial charge < -0.3 is 89.6 Å². The SMILES string of the molecule is NCCOCCOCCOCCOCCOCCOCCC(=O)N[C@@H](Cc1ccc2ccc3cccc4ccc1c2c34)C(=O)N[C@@H](Cc1ccc2ccc3cccc4ccc1c2c34)C(=O)N[C@@H](Cc1ccc2ccc3cccc4ccc1c2c34)C(=O)NCCOCCOCCOCCOCCOCCOCCC(N)=O. The van der Waals surface area contributed by atoms with Crippen molar-refractivity contribution in [2.45, 2.75) is 50.2 Å². The van der Waals surface area contributed by atoms with Crippen molar-refractivity contribution >= 4 is 126 Å². The predicted molar refractivity (Wildman–Crippen MR) is 428 cm³/mol. The molecule has 0 saturated carbocycles. The molecule has 0 saturated heterocycles. The van der Waals surface area contributed by atoms with Crippen LogP contribution in [-0.4, -0.2) is 219 Å². The Labute approximate surface area is 639 Å². The summed E-state index contributed by atoms with van der Waals surface area (Å²) in [6.45, 7) is 9.03. The van der Waals surface area contributed by atoms with Gasteiger partial charge in [-0.1, -0.05) is 164 Å². The molecule has 110 heavy (non-hydrogen) atoms. The van der Waals surface area contributed by atoms with Crippen LogP contribution in [0.3, 0.4) is 0 Å². The molecule has 0 aliphatic heterocycles. The minimum absolute atomic E-state index is 0.0192. The van der Waals surface area contributed by atoms with Crippen LogP contribution in [0.25, 0.3) is 97.0 Å². The molecule has 12 rings (SSSR count). The van der Waals surface area contributed by atoms with E-state index in [1.54, 1.807) is 0 Å². The second-order valence-corrected chi connectivity index (χ2v) is 27.0. The van der Waals surface area contributed by atoms with Gasteiger partial charge in [-0.25, -0.2) is 0 Å². The highest BCUT2D eigenvalue weighted by molar-refractivity contribution is 6.26. The number of nitrogens with two attached hydrogens (primary N) is 2. The van der Waals surface area contributed by atoms with Crippen molar-refractivity contribution in [3.05, 3.63) is 180 Å². The van der Waals surface area contributed by atoms with Crippen LogP contribution in [0.4, 0.5) is 0 Å². The fraction of sp³-hybridized carbons (Fsp3) is 0.391. The van der Waals surface area contributed by atoms with E-state index in [0.29, 0.717) is 125 Å². The smallest absolute Gasteiger partial charge is 0.243 e. The number of nitrogens with one attached hydrogen (secondary N) is 4. The van der Waals surface area contributed by atoms with Crippen molar-refractivity contribution in [3.8, 4) is 0 Å². The summed E-state index contributed by atoms with van der Waals surface area (Å²) in [5, 5.41) is 31.4. The lowest BCUT2D eigenvalue weighted by atomic mass is 9.89. The van der Waals surface area contributed by atoms with Crippen molar-refractivity contribution in [2.75, 3.05) is 172 Å². The van der Waals surface area contributed by atoms with Crippen molar-refractivity contribution in [2.24, 2.45) is 11.5 Å². The first kappa shape index (κ1) is 80.1. The number of benzene rings is 12. The number of carbonyl (C=O) groups excluding carboxylic acids is 5. The number of ether oxygens (including phenoxy) is 12. The molecule has 0 aliphatic rings. The second kappa shape index (κ2) is 42.1. The standard InChI is InChI=1S/C87H100N6O17/c88-30-34-101-38-42-105-46-50-109-54-52-108-49-45-104-41-37-100-33-29-78(95)91-75(57-69-20-17-66-14-11-60-5-2-8-63-23-26-72(69)83(66)80(60)63)86(97)93-76(58-70-21-18-67-15-12-61-6-3-9-64-24-27-73(70)84(67)81(61)64)87(98)92-74(56-68-19-16-65-13-10-59-4-1-7-62-22-25-71(68)82(65)79(59)62)85(96)90-31-35-102-39-43-106-47-51-110-55-53-107-48-44-103-40-36-99-32-28-77(89)94/h1-27,74-76H,28-58,88H2,(H2,89,94)(H,90,96)(H,91,95)(H,92,98)(H,93,97)/t74-,75-,76-/m0/s1. The molecule has 0 aromatic heterocycles. The Morgan fingerprint density at radius 2 is 0.527 bits per heavy atom. The molecule has 0 fully saturated rings. The number of rotatable bonds is 53. The van der Waals surface area contributed by atoms with Gasteiger partial charge in [0.25, 0.3) is 0 Å². The van der Waals surface area contributed by atoms with Crippen molar-refractivity contribution in [1.29, 1.82) is 0 Å². The topological polar surface area (TPSA) is 296 Å². The molecule has 0 unspecified atom stereocenters. The lowest BCUT2D eigenvalue weighted by molar-refractivity contribution is -0.133. The largest absolute Gasteiger partial charge is 0.379 e. The van der Waals surface area contributed by atoms with E-state index in [0.717, 1.165) is 114 Å². The third kappa shape index (κ3) is 22.0. The van der Waals surface area contributed by atoms with Gasteiger partial charge in [-0.15, -0.1) is 0 Å². The second-order valence-electron chi connectivity index (χ2n) is 27.0. The van der Waals surface area contributed by atoms with E-state index in [4.69, 9.17) is 68.3 Å². The summed E-state index contributed by atoms with van der Waals surface area (Å²) in [6, 6.07) is 52.4. The van der Waals surface area contributed by atoms with E-state index in [1.807, 2.05) is 42.5 Å². The van der Waals surface area contributed by atoms with Gasteiger partial charge in [0.05, 0.1) is 159 Å². The fourth-order valence-corrected chi connectivity index (χ4v) is 14.2. The van der Waals surface area contributed by atoms with E-state index in [9.17, 15) is 9.59 Å². The number of hydrogen-bond acceptors (Lipinski definition) is 18. The van der Waals surface area contributed by atoms with Crippen LogP contribution in [0.2, 0.25) is 0 Å². The van der Waals surface area contributed by atoms with Crippen molar-refractivity contribution in [1.82, 2.24) is 21.3 Å². The van der Waals surface area contributed by atoms with Gasteiger partial charge in [0.15, 0.2) is 0 Å². The van der Waals surface area contributed by atoms with Gasteiger partial charge in [-0.05, 0) is 114 Å². The first-order valence-corrected chi connectivity index (χ1v) is 38.2. The highest BCUT2D eigenvalue weighted by Crippen LogP contribution is 2.40. The highest BCUT2D eigenvalue weighted by atomic mass is 16.6. The Morgan fingerprint density at radius 3 is 0.845 bits per heavy atom. The van der Waals surface area contributed by atoms with Crippen LogP contribution >= 0.6 is 0 Å². The monoisotopic (exact) mass is 1500 g/mol. The first-order chi connectivity index (χ1) is 54.1. The van der Waals surface area contributed by atoms with Gasteiger partial charge in [0, 0.05) is 45.2 Å². The van der Waals surface area contributed by atoms with Crippen LogP contribution in [0.15, 0.2) is 164 Å². The average Bonchev–Trinajstić information content (AvgIpc) is 0.754. The third-order valence-corrected chi connectivity index (χ3v) is 19.5. The van der Waals surface area contributed by atoms with Gasteiger partial charge >= 0.3 is 0 Å². The van der Waals surface area contributed by atoms with Crippen LogP contribution < -0.4 is 32.7 Å². The van der Waals surface area contributed by atoms with Crippen LogP contribution in [-0.2, 0) is 100 Å². The molecule has 3 atom stereocenters. The molecule has 0 heterocycles. The summed E-state index contributed by atoms with van der Waals surface area (Å²) in [5.74, 6) is -2.48. The molecular formula is C87H100N6O17. The molecule has 580 valence electrons. The van der Waals surface area contributed by atoms with E-state index in [2.05, 4.69) is 143 Å². The number of carbonyl (C=O) groups is 5. The Balaban J connectivity index is 0.733. The Kier molecular flexibility index (Phi) is 30.7. The molecule has 0 spiro atoms. The minimum atomic E-state index is -1.28. The van der Waals surface area contributed by atoms with Gasteiger partial charge in [-0.2, -0.15) is 0 Å². The van der Waals surface area contributed by atoms with E-state index < -0.39 is 47.7 Å². The Morgan fingerprint density at radius 1 is 0.273 bits per heavy atom. The molecule has 0 aliphatic carbocycles. The van der Waals surface area contributed by atoms with Crippen molar-refractivity contribution < 1.29 is 80.8 Å². The molecule has 23 nitrogen and oxygen atoms in total. The zero-order valence-corrected chi connectivity index (χ0v) is 62.3. The molecule has 12 aromatic rings. The lowest BCUT2D eigenvalue weighted by Crippen LogP contribution is -2.58. The molecule has 5 amide bonds. The van der Waals surface area contributed by atoms with Gasteiger partial charge in [0.1, 0.15) is 18.1 Å². The molecule has 0 bridgehead atoms. The van der Waals surface area contributed by atoms with Gasteiger partial charge in [-0.3, -0.25) is 24.0 Å². The van der Waals surface area contributed by atoms with E-state index in [1.165, 1.54) is 0 Å². The summed E-state index contributed by atoms with van der Waals surface area (Å²) < 4.78 is 67.3. The summed E-state index contributed by atoms with van der Waals surface area (Å²) >= 11 is 0. The number of primary amides is 1. The highest BCUT2D eigenvalue weighted by Gasteiger charge is 2.32. The van der Waals surface area contributed by atoms with E-state index in [-0.39, 0.29) is 78.3 Å². The molecular weight excluding hydrogens is 1400 g/mol. The average molecular weight is 1500 g/mol. The summed E-state index contributed by atoms with van der Waals surface area (Å²) in [4.78, 5) is 72.0. The Hall–Kier alpha value is -9.41. The quantitative estimate of drug-likeness (QED) is 0.0153. The van der Waals surface area contributed by atoms with Crippen LogP contribution in [0, 0.1) is 0 Å². The number of amides is 5. The summed E-state index contributed by atoms with van der Waals surface area (Å²) in [6.07, 6.45) is 0.287. The normalized spacial score (nSPS) is 12.8. The third-order valence-electron chi connectivity index (χ3n) is 19.5. The first-order valence-electron chi connectivity index (χ1n) is 38.2. The van der Waals surface area contributed by atoms with Crippen LogP contribution in [0.5, 0.6) is 0 Å². The van der Waals surface area contributed by atoms with Crippen molar-refractivity contribution in [3.63, 3.8) is 0 Å². The zero-order chi connectivity index (χ0) is 76.1. The maximum Gasteiger partial charge on any atom is 0.243 e. The molecule has 0 radical (unpaired) electrons. The Bertz CT molecular complexity index is 4880. The maximum absolute atomic E-state index is 15.9. The fourth-order valence-electron chi connectivity index (χ4n) is 14.2. The molecule has 8 N–H and O–H groups in total. The molecule has 23 heteroatoms. The summed E-state index contributed by atoms with van der Waals surface area (Å²) in [7, 11) is 0. The van der Waals surface area contributed by atoms with Gasteiger partial charge in [0.2, 0.25) is 29.5 Å². The molecule has 12 aromatic carbocycles. The van der Waals surface area contributed by atoms with E-state index >= 15 is 14.4 Å². The number of hydrogen-bond donors (Lipinski definition) is 6.